The molecule has 26 heavy (non-hydrogen) atoms. The van der Waals surface area contributed by atoms with Crippen LogP contribution in [0, 0.1) is 6.92 Å². The van der Waals surface area contributed by atoms with Crippen molar-refractivity contribution in [2.75, 3.05) is 6.54 Å². The molecular weight excluding hydrogens is 328 g/mol. The Morgan fingerprint density at radius 2 is 1.69 bits per heavy atom. The number of ketones is 1. The van der Waals surface area contributed by atoms with Gasteiger partial charge in [0.25, 0.3) is 5.91 Å². The number of nitrogens with zero attached hydrogens (tertiary/aromatic N) is 1. The molecule has 0 bridgehead atoms. The van der Waals surface area contributed by atoms with Crippen LogP contribution in [0.4, 0.5) is 4.79 Å². The zero-order valence-corrected chi connectivity index (χ0v) is 15.0. The third kappa shape index (κ3) is 3.12. The summed E-state index contributed by atoms with van der Waals surface area (Å²) in [6, 6.07) is 15.8. The van der Waals surface area contributed by atoms with Gasteiger partial charge in [0.05, 0.1) is 6.54 Å². The van der Waals surface area contributed by atoms with Crippen LogP contribution in [0.5, 0.6) is 0 Å². The summed E-state index contributed by atoms with van der Waals surface area (Å²) < 4.78 is 0. The first kappa shape index (κ1) is 17.9. The molecule has 3 amide bonds. The fourth-order valence-electron chi connectivity index (χ4n) is 3.35. The maximum absolute atomic E-state index is 13.1. The second-order valence-corrected chi connectivity index (χ2v) is 6.63. The minimum Gasteiger partial charge on any atom is -0.319 e. The predicted molar refractivity (Wildman–Crippen MR) is 98.8 cm³/mol. The summed E-state index contributed by atoms with van der Waals surface area (Å²) in [6.07, 6.45) is 1.21. The molecule has 1 fully saturated rings. The van der Waals surface area contributed by atoms with Gasteiger partial charge in [0, 0.05) is 5.56 Å². The normalized spacial score (nSPS) is 19.5. The van der Waals surface area contributed by atoms with Crippen LogP contribution in [0.2, 0.25) is 0 Å². The largest absolute Gasteiger partial charge is 0.325 e. The molecule has 1 aliphatic rings. The topological polar surface area (TPSA) is 66.5 Å². The molecule has 5 nitrogen and oxygen atoms in total. The lowest BCUT2D eigenvalue weighted by atomic mass is 9.85. The number of carbonyl (C=O) groups excluding carboxylic acids is 3. The van der Waals surface area contributed by atoms with Crippen LogP contribution in [-0.2, 0) is 10.3 Å². The van der Waals surface area contributed by atoms with E-state index < -0.39 is 11.6 Å². The van der Waals surface area contributed by atoms with Crippen molar-refractivity contribution in [3.63, 3.8) is 0 Å². The standard InChI is InChI=1S/C21H22N2O3/c1-3-13-21(17-7-5-4-6-8-17)19(25)23(20(26)22-21)14-18(24)16-11-9-15(2)10-12-16/h4-12H,3,13-14H2,1-2H3,(H,22,26)/t21-/m1/s1. The molecule has 1 aliphatic heterocycles. The first-order chi connectivity index (χ1) is 12.5. The summed E-state index contributed by atoms with van der Waals surface area (Å²) in [5.41, 5.74) is 1.18. The predicted octanol–water partition coefficient (Wildman–Crippen LogP) is 3.43. The Labute approximate surface area is 153 Å². The number of hydrogen-bond acceptors (Lipinski definition) is 3. The van der Waals surface area contributed by atoms with Gasteiger partial charge in [-0.3, -0.25) is 14.5 Å². The molecule has 0 spiro atoms. The lowest BCUT2D eigenvalue weighted by Gasteiger charge is -2.26. The van der Waals surface area contributed by atoms with E-state index >= 15 is 0 Å². The molecule has 0 saturated carbocycles. The molecule has 0 radical (unpaired) electrons. The van der Waals surface area contributed by atoms with Gasteiger partial charge in [-0.05, 0) is 18.9 Å². The van der Waals surface area contributed by atoms with Crippen LogP contribution in [0.15, 0.2) is 54.6 Å². The quantitative estimate of drug-likeness (QED) is 0.641. The molecule has 0 unspecified atom stereocenters. The Morgan fingerprint density at radius 1 is 1.04 bits per heavy atom. The highest BCUT2D eigenvalue weighted by molar-refractivity contribution is 6.11. The van der Waals surface area contributed by atoms with Crippen LogP contribution < -0.4 is 5.32 Å². The third-order valence-corrected chi connectivity index (χ3v) is 4.74. The van der Waals surface area contributed by atoms with E-state index in [-0.39, 0.29) is 18.2 Å². The van der Waals surface area contributed by atoms with Crippen molar-refractivity contribution >= 4 is 17.7 Å². The highest BCUT2D eigenvalue weighted by atomic mass is 16.2. The average molecular weight is 350 g/mol. The number of carbonyl (C=O) groups is 3. The molecule has 0 aromatic heterocycles. The fourth-order valence-corrected chi connectivity index (χ4v) is 3.35. The molecule has 2 aromatic carbocycles. The van der Waals surface area contributed by atoms with E-state index in [2.05, 4.69) is 5.32 Å². The Balaban J connectivity index is 1.88. The van der Waals surface area contributed by atoms with Crippen LogP contribution in [0.3, 0.4) is 0 Å². The summed E-state index contributed by atoms with van der Waals surface area (Å²) in [5.74, 6) is -0.620. The van der Waals surface area contributed by atoms with E-state index in [0.29, 0.717) is 12.0 Å². The van der Waals surface area contributed by atoms with Gasteiger partial charge in [0.15, 0.2) is 5.78 Å². The SMILES string of the molecule is CCC[C@]1(c2ccccc2)NC(=O)N(CC(=O)c2ccc(C)cc2)C1=O. The summed E-state index contributed by atoms with van der Waals surface area (Å²) >= 11 is 0. The van der Waals surface area contributed by atoms with Gasteiger partial charge in [-0.25, -0.2) is 4.79 Å². The molecular formula is C21H22N2O3. The van der Waals surface area contributed by atoms with Crippen LogP contribution in [0.1, 0.15) is 41.3 Å². The summed E-state index contributed by atoms with van der Waals surface area (Å²) in [6.45, 7) is 3.64. The van der Waals surface area contributed by atoms with Crippen molar-refractivity contribution in [3.8, 4) is 0 Å². The number of rotatable bonds is 6. The van der Waals surface area contributed by atoms with Gasteiger partial charge in [0.1, 0.15) is 5.54 Å². The Bertz CT molecular complexity index is 830. The number of amides is 3. The Morgan fingerprint density at radius 3 is 2.31 bits per heavy atom. The number of hydrogen-bond donors (Lipinski definition) is 1. The minimum atomic E-state index is -1.10. The number of benzene rings is 2. The van der Waals surface area contributed by atoms with Gasteiger partial charge >= 0.3 is 6.03 Å². The summed E-state index contributed by atoms with van der Waals surface area (Å²) in [4.78, 5) is 39.2. The molecule has 1 heterocycles. The molecule has 134 valence electrons. The van der Waals surface area contributed by atoms with Gasteiger partial charge in [-0.1, -0.05) is 73.5 Å². The smallest absolute Gasteiger partial charge is 0.319 e. The maximum atomic E-state index is 13.1. The van der Waals surface area contributed by atoms with Crippen molar-refractivity contribution in [1.29, 1.82) is 0 Å². The van der Waals surface area contributed by atoms with Gasteiger partial charge in [-0.2, -0.15) is 0 Å². The second kappa shape index (κ2) is 7.12. The van der Waals surface area contributed by atoms with E-state index in [0.717, 1.165) is 22.4 Å². The number of Topliss-reactive ketones (excluding diaryl/α,β-unsaturated/α-hetero) is 1. The van der Waals surface area contributed by atoms with E-state index in [1.807, 2.05) is 56.3 Å². The minimum absolute atomic E-state index is 0.256. The first-order valence-corrected chi connectivity index (χ1v) is 8.77. The van der Waals surface area contributed by atoms with Crippen LogP contribution in [-0.4, -0.2) is 29.2 Å². The lowest BCUT2D eigenvalue weighted by molar-refractivity contribution is -0.131. The summed E-state index contributed by atoms with van der Waals surface area (Å²) in [7, 11) is 0. The molecule has 1 N–H and O–H groups in total. The molecule has 0 aliphatic carbocycles. The molecule has 3 rings (SSSR count). The zero-order valence-electron chi connectivity index (χ0n) is 15.0. The lowest BCUT2D eigenvalue weighted by Crippen LogP contribution is -2.44. The van der Waals surface area contributed by atoms with Crippen LogP contribution in [0.25, 0.3) is 0 Å². The van der Waals surface area contributed by atoms with E-state index in [4.69, 9.17) is 0 Å². The van der Waals surface area contributed by atoms with E-state index in [1.54, 1.807) is 12.1 Å². The number of aryl methyl sites for hydroxylation is 1. The van der Waals surface area contributed by atoms with Gasteiger partial charge in [0.2, 0.25) is 0 Å². The molecule has 2 aromatic rings. The Hall–Kier alpha value is -2.95. The zero-order chi connectivity index (χ0) is 18.7. The van der Waals surface area contributed by atoms with Crippen LogP contribution >= 0.6 is 0 Å². The molecule has 1 saturated heterocycles. The highest BCUT2D eigenvalue weighted by Crippen LogP contribution is 2.33. The number of imide groups is 1. The van der Waals surface area contributed by atoms with Crippen molar-refractivity contribution in [3.05, 3.63) is 71.3 Å². The Kier molecular flexibility index (Phi) is 4.89. The first-order valence-electron chi connectivity index (χ1n) is 8.77. The molecule has 5 heteroatoms. The monoisotopic (exact) mass is 350 g/mol. The molecule has 1 atom stereocenters. The van der Waals surface area contributed by atoms with Gasteiger partial charge < -0.3 is 5.32 Å². The van der Waals surface area contributed by atoms with Gasteiger partial charge in [-0.15, -0.1) is 0 Å². The van der Waals surface area contributed by atoms with Crippen molar-refractivity contribution < 1.29 is 14.4 Å². The average Bonchev–Trinajstić information content (AvgIpc) is 2.88. The fraction of sp³-hybridized carbons (Fsp3) is 0.286. The second-order valence-electron chi connectivity index (χ2n) is 6.63. The van der Waals surface area contributed by atoms with E-state index in [9.17, 15) is 14.4 Å². The third-order valence-electron chi connectivity index (χ3n) is 4.74. The maximum Gasteiger partial charge on any atom is 0.325 e. The van der Waals surface area contributed by atoms with Crippen molar-refractivity contribution in [2.45, 2.75) is 32.2 Å². The van der Waals surface area contributed by atoms with Crippen molar-refractivity contribution in [2.24, 2.45) is 0 Å². The number of nitrogens with one attached hydrogen (secondary N) is 1. The van der Waals surface area contributed by atoms with E-state index in [1.165, 1.54) is 0 Å². The highest BCUT2D eigenvalue weighted by Gasteiger charge is 2.52. The summed E-state index contributed by atoms with van der Waals surface area (Å²) in [5, 5.41) is 2.84. The van der Waals surface area contributed by atoms with Crippen molar-refractivity contribution in [1.82, 2.24) is 10.2 Å². The number of urea groups is 1.